The van der Waals surface area contributed by atoms with Gasteiger partial charge < -0.3 is 10.2 Å². The van der Waals surface area contributed by atoms with Gasteiger partial charge in [0.1, 0.15) is 5.92 Å². The van der Waals surface area contributed by atoms with Gasteiger partial charge in [-0.1, -0.05) is 96.8 Å². The Bertz CT molecular complexity index is 354. The van der Waals surface area contributed by atoms with Gasteiger partial charge in [-0.15, -0.1) is 0 Å². The average molecular weight is 353 g/mol. The minimum Gasteiger partial charge on any atom is -0.450 e. The van der Waals surface area contributed by atoms with Crippen LogP contribution in [0.1, 0.15) is 103 Å². The Labute approximate surface area is 153 Å². The van der Waals surface area contributed by atoms with Gasteiger partial charge in [-0.05, 0) is 6.42 Å². The van der Waals surface area contributed by atoms with Crippen LogP contribution in [0.2, 0.25) is 0 Å². The number of carbonyl (C=O) groups is 1. The Kier molecular flexibility index (Phi) is 22.7. The molecule has 0 bridgehead atoms. The predicted octanol–water partition coefficient (Wildman–Crippen LogP) is 6.74. The molecule has 0 aromatic heterocycles. The maximum atomic E-state index is 8.66. The Morgan fingerprint density at radius 3 is 1.28 bits per heavy atom. The van der Waals surface area contributed by atoms with Crippen molar-refractivity contribution in [2.24, 2.45) is 5.92 Å². The summed E-state index contributed by atoms with van der Waals surface area (Å²) in [4.78, 5) is 8.56. The van der Waals surface area contributed by atoms with Crippen LogP contribution >= 0.6 is 0 Å². The van der Waals surface area contributed by atoms with Crippen molar-refractivity contribution in [2.45, 2.75) is 103 Å². The van der Waals surface area contributed by atoms with Crippen LogP contribution in [-0.2, 0) is 0 Å². The first-order chi connectivity index (χ1) is 12.1. The molecule has 0 amide bonds. The van der Waals surface area contributed by atoms with E-state index in [4.69, 9.17) is 25.5 Å². The number of carboxylic acid groups (broad SMARTS) is 2. The van der Waals surface area contributed by atoms with Crippen molar-refractivity contribution >= 4 is 6.16 Å². The van der Waals surface area contributed by atoms with Gasteiger partial charge in [0.15, 0.2) is 0 Å². The lowest BCUT2D eigenvalue weighted by Crippen LogP contribution is -1.92. The van der Waals surface area contributed by atoms with E-state index in [-0.39, 0.29) is 5.92 Å². The number of nitrogens with zero attached hydrogens (tertiary/aromatic N) is 2. The molecule has 0 fully saturated rings. The number of rotatable bonds is 15. The maximum Gasteiger partial charge on any atom is 0.503 e. The van der Waals surface area contributed by atoms with E-state index in [1.807, 2.05) is 12.1 Å². The molecule has 144 valence electrons. The molecule has 5 nitrogen and oxygen atoms in total. The van der Waals surface area contributed by atoms with Crippen molar-refractivity contribution < 1.29 is 15.0 Å². The number of unbranched alkanes of at least 4 members (excludes halogenated alkanes) is 13. The third-order valence-electron chi connectivity index (χ3n) is 4.16. The predicted molar refractivity (Wildman–Crippen MR) is 100 cm³/mol. The van der Waals surface area contributed by atoms with Crippen LogP contribution in [0.3, 0.4) is 0 Å². The third-order valence-corrected chi connectivity index (χ3v) is 4.16. The molecule has 0 radical (unpaired) electrons. The molecular weight excluding hydrogens is 316 g/mol. The van der Waals surface area contributed by atoms with Crippen LogP contribution in [-0.4, -0.2) is 16.4 Å². The average Bonchev–Trinajstić information content (AvgIpc) is 2.58. The highest BCUT2D eigenvalue weighted by Crippen LogP contribution is 2.14. The van der Waals surface area contributed by atoms with Crippen molar-refractivity contribution in [3.05, 3.63) is 0 Å². The number of hydrogen-bond acceptors (Lipinski definition) is 3. The van der Waals surface area contributed by atoms with Crippen LogP contribution in [0.15, 0.2) is 0 Å². The summed E-state index contributed by atoms with van der Waals surface area (Å²) in [6.07, 6.45) is 17.7. The first-order valence-electron chi connectivity index (χ1n) is 9.79. The monoisotopic (exact) mass is 352 g/mol. The molecule has 0 spiro atoms. The van der Waals surface area contributed by atoms with Crippen molar-refractivity contribution in [3.63, 3.8) is 0 Å². The highest BCUT2D eigenvalue weighted by molar-refractivity contribution is 5.53. The summed E-state index contributed by atoms with van der Waals surface area (Å²) in [5, 5.41) is 31.3. The van der Waals surface area contributed by atoms with E-state index in [9.17, 15) is 0 Å². The van der Waals surface area contributed by atoms with Gasteiger partial charge in [-0.3, -0.25) is 0 Å². The number of hydrogen-bond donors (Lipinski definition) is 2. The zero-order valence-corrected chi connectivity index (χ0v) is 15.9. The molecule has 0 saturated heterocycles. The highest BCUT2D eigenvalue weighted by atomic mass is 16.6. The minimum atomic E-state index is -1.83. The van der Waals surface area contributed by atoms with Crippen LogP contribution in [0.5, 0.6) is 0 Å². The fraction of sp³-hybridized carbons (Fsp3) is 0.850. The second-order valence-electron chi connectivity index (χ2n) is 6.48. The van der Waals surface area contributed by atoms with Crippen LogP contribution in [0.4, 0.5) is 4.79 Å². The normalized spacial score (nSPS) is 9.76. The summed E-state index contributed by atoms with van der Waals surface area (Å²) in [6, 6.07) is 4.07. The lowest BCUT2D eigenvalue weighted by atomic mass is 10.0. The Morgan fingerprint density at radius 1 is 0.720 bits per heavy atom. The molecule has 0 heterocycles. The molecule has 0 atom stereocenters. The summed E-state index contributed by atoms with van der Waals surface area (Å²) in [5.41, 5.74) is 0. The first kappa shape index (κ1) is 25.5. The quantitative estimate of drug-likeness (QED) is 0.317. The van der Waals surface area contributed by atoms with Crippen LogP contribution < -0.4 is 0 Å². The van der Waals surface area contributed by atoms with Gasteiger partial charge in [0.2, 0.25) is 0 Å². The van der Waals surface area contributed by atoms with E-state index in [1.54, 1.807) is 0 Å². The van der Waals surface area contributed by atoms with E-state index >= 15 is 0 Å². The van der Waals surface area contributed by atoms with Crippen molar-refractivity contribution in [1.82, 2.24) is 0 Å². The van der Waals surface area contributed by atoms with Gasteiger partial charge in [0.25, 0.3) is 0 Å². The van der Waals surface area contributed by atoms with Gasteiger partial charge in [-0.25, -0.2) is 4.79 Å². The second-order valence-corrected chi connectivity index (χ2v) is 6.48. The van der Waals surface area contributed by atoms with E-state index in [0.717, 1.165) is 12.8 Å². The lowest BCUT2D eigenvalue weighted by molar-refractivity contribution is 0.137. The minimum absolute atomic E-state index is 0.387. The first-order valence-corrected chi connectivity index (χ1v) is 9.79. The van der Waals surface area contributed by atoms with Crippen molar-refractivity contribution in [3.8, 4) is 12.1 Å². The van der Waals surface area contributed by atoms with Gasteiger partial charge in [0.05, 0.1) is 12.1 Å². The largest absolute Gasteiger partial charge is 0.503 e. The molecular formula is C20H36N2O3. The fourth-order valence-corrected chi connectivity index (χ4v) is 2.70. The number of nitriles is 2. The highest BCUT2D eigenvalue weighted by Gasteiger charge is 2.03. The van der Waals surface area contributed by atoms with E-state index < -0.39 is 6.16 Å². The summed E-state index contributed by atoms with van der Waals surface area (Å²) >= 11 is 0. The Morgan fingerprint density at radius 2 is 1.00 bits per heavy atom. The standard InChI is InChI=1S/C19H34N2.CH2O3/c1-2-3-4-5-6-7-8-9-10-11-12-13-14-15-16-19(17-20)18-21;2-1(3)4/h19H,2-16H2,1H3;(H2,2,3,4). The second kappa shape index (κ2) is 22.2. The third kappa shape index (κ3) is 27.4. The fourth-order valence-electron chi connectivity index (χ4n) is 2.70. The molecule has 0 aliphatic carbocycles. The smallest absolute Gasteiger partial charge is 0.450 e. The molecule has 0 unspecified atom stereocenters. The van der Waals surface area contributed by atoms with Crippen LogP contribution in [0.25, 0.3) is 0 Å². The van der Waals surface area contributed by atoms with E-state index in [2.05, 4.69) is 6.92 Å². The molecule has 0 aromatic carbocycles. The summed E-state index contributed by atoms with van der Waals surface area (Å²) in [6.45, 7) is 2.27. The molecule has 0 saturated carbocycles. The Hall–Kier alpha value is -1.75. The lowest BCUT2D eigenvalue weighted by Gasteiger charge is -2.03. The summed E-state index contributed by atoms with van der Waals surface area (Å²) < 4.78 is 0. The zero-order valence-electron chi connectivity index (χ0n) is 15.9. The Balaban J connectivity index is 0. The van der Waals surface area contributed by atoms with E-state index in [0.29, 0.717) is 0 Å². The summed E-state index contributed by atoms with van der Waals surface area (Å²) in [7, 11) is 0. The van der Waals surface area contributed by atoms with Gasteiger partial charge >= 0.3 is 6.16 Å². The van der Waals surface area contributed by atoms with Gasteiger partial charge in [-0.2, -0.15) is 10.5 Å². The molecule has 0 aliphatic rings. The molecule has 0 rings (SSSR count). The van der Waals surface area contributed by atoms with Crippen molar-refractivity contribution in [1.29, 1.82) is 10.5 Å². The van der Waals surface area contributed by atoms with Gasteiger partial charge in [0, 0.05) is 0 Å². The maximum absolute atomic E-state index is 8.66. The SMILES string of the molecule is CCCCCCCCCCCCCCCCC(C#N)C#N.O=C(O)O. The molecule has 25 heavy (non-hydrogen) atoms. The topological polar surface area (TPSA) is 105 Å². The van der Waals surface area contributed by atoms with Crippen LogP contribution in [0, 0.1) is 28.6 Å². The molecule has 2 N–H and O–H groups in total. The zero-order chi connectivity index (χ0) is 19.2. The van der Waals surface area contributed by atoms with E-state index in [1.165, 1.54) is 83.5 Å². The molecule has 0 aliphatic heterocycles. The molecule has 5 heteroatoms. The summed E-state index contributed by atoms with van der Waals surface area (Å²) in [5.74, 6) is -0.387. The molecule has 0 aromatic rings. The van der Waals surface area contributed by atoms with Crippen molar-refractivity contribution in [2.75, 3.05) is 0 Å².